The zero-order chi connectivity index (χ0) is 9.97. The molecule has 72 valence electrons. The smallest absolute Gasteiger partial charge is 0.159 e. The highest BCUT2D eigenvalue weighted by atomic mass is 79.9. The van der Waals surface area contributed by atoms with E-state index < -0.39 is 0 Å². The highest BCUT2D eigenvalue weighted by molar-refractivity contribution is 9.11. The maximum absolute atomic E-state index is 5.08. The minimum absolute atomic E-state index is 0.864. The van der Waals surface area contributed by atoms with Gasteiger partial charge in [-0.1, -0.05) is 0 Å². The van der Waals surface area contributed by atoms with E-state index in [1.165, 1.54) is 0 Å². The Bertz CT molecular complexity index is 424. The number of aromatic nitrogens is 1. The number of thiazole rings is 1. The molecule has 0 fully saturated rings. The fourth-order valence-electron chi connectivity index (χ4n) is 1.15. The summed E-state index contributed by atoms with van der Waals surface area (Å²) >= 11 is 4.92. The quantitative estimate of drug-likeness (QED) is 0.832. The highest BCUT2D eigenvalue weighted by Crippen LogP contribution is 2.26. The Balaban J connectivity index is 2.33. The Labute approximate surface area is 94.7 Å². The highest BCUT2D eigenvalue weighted by Gasteiger charge is 2.02. The summed E-state index contributed by atoms with van der Waals surface area (Å²) in [6.45, 7) is 0. The summed E-state index contributed by atoms with van der Waals surface area (Å²) in [5.74, 6) is 0.864. The molecule has 0 radical (unpaired) electrons. The van der Waals surface area contributed by atoms with Gasteiger partial charge >= 0.3 is 0 Å². The molecule has 0 aliphatic carbocycles. The molecule has 2 aromatic rings. The molecule has 4 heteroatoms. The first kappa shape index (κ1) is 9.68. The van der Waals surface area contributed by atoms with Gasteiger partial charge in [0, 0.05) is 10.9 Å². The van der Waals surface area contributed by atoms with Crippen LogP contribution in [0.3, 0.4) is 0 Å². The number of benzene rings is 1. The SMILES string of the molecule is COc1ccc(-c2csc(Br)n2)cc1. The first-order valence-electron chi connectivity index (χ1n) is 4.05. The van der Waals surface area contributed by atoms with Gasteiger partial charge < -0.3 is 4.74 Å². The lowest BCUT2D eigenvalue weighted by molar-refractivity contribution is 0.415. The predicted octanol–water partition coefficient (Wildman–Crippen LogP) is 3.58. The normalized spacial score (nSPS) is 10.1. The summed E-state index contributed by atoms with van der Waals surface area (Å²) < 4.78 is 5.99. The fourth-order valence-corrected chi connectivity index (χ4v) is 2.17. The number of hydrogen-bond donors (Lipinski definition) is 0. The number of nitrogens with zero attached hydrogens (tertiary/aromatic N) is 1. The van der Waals surface area contributed by atoms with Gasteiger partial charge in [0.1, 0.15) is 5.75 Å². The molecule has 0 aliphatic rings. The molecule has 0 saturated carbocycles. The molecule has 2 nitrogen and oxygen atoms in total. The topological polar surface area (TPSA) is 22.1 Å². The monoisotopic (exact) mass is 269 g/mol. The van der Waals surface area contributed by atoms with Crippen LogP contribution in [0.2, 0.25) is 0 Å². The summed E-state index contributed by atoms with van der Waals surface area (Å²) in [7, 11) is 1.66. The van der Waals surface area contributed by atoms with Gasteiger partial charge in [0.05, 0.1) is 12.8 Å². The third-order valence-electron chi connectivity index (χ3n) is 1.86. The summed E-state index contributed by atoms with van der Waals surface area (Å²) in [5, 5.41) is 2.02. The summed E-state index contributed by atoms with van der Waals surface area (Å²) in [6, 6.07) is 7.87. The van der Waals surface area contributed by atoms with Gasteiger partial charge in [0.25, 0.3) is 0 Å². The van der Waals surface area contributed by atoms with Crippen molar-refractivity contribution in [3.63, 3.8) is 0 Å². The number of hydrogen-bond acceptors (Lipinski definition) is 3. The second-order valence-corrected chi connectivity index (χ2v) is 4.85. The third-order valence-corrected chi connectivity index (χ3v) is 3.23. The summed E-state index contributed by atoms with van der Waals surface area (Å²) in [5.41, 5.74) is 2.09. The molecule has 1 heterocycles. The van der Waals surface area contributed by atoms with Gasteiger partial charge in [-0.05, 0) is 40.2 Å². The van der Waals surface area contributed by atoms with Crippen molar-refractivity contribution in [3.8, 4) is 17.0 Å². The van der Waals surface area contributed by atoms with Crippen molar-refractivity contribution in [2.75, 3.05) is 7.11 Å². The molecule has 0 saturated heterocycles. The first-order valence-corrected chi connectivity index (χ1v) is 5.72. The van der Waals surface area contributed by atoms with Crippen LogP contribution in [0.1, 0.15) is 0 Å². The molecule has 0 unspecified atom stereocenters. The van der Waals surface area contributed by atoms with Crippen LogP contribution >= 0.6 is 27.3 Å². The molecular weight excluding hydrogens is 262 g/mol. The van der Waals surface area contributed by atoms with E-state index in [4.69, 9.17) is 4.74 Å². The average Bonchev–Trinajstić information content (AvgIpc) is 2.65. The van der Waals surface area contributed by atoms with Crippen LogP contribution in [0.15, 0.2) is 33.6 Å². The molecule has 1 aromatic heterocycles. The Morgan fingerprint density at radius 1 is 1.29 bits per heavy atom. The molecule has 0 aliphatic heterocycles. The second kappa shape index (κ2) is 4.11. The Morgan fingerprint density at radius 3 is 2.50 bits per heavy atom. The number of ether oxygens (including phenoxy) is 1. The number of halogens is 1. The number of rotatable bonds is 2. The van der Waals surface area contributed by atoms with Crippen molar-refractivity contribution < 1.29 is 4.74 Å². The largest absolute Gasteiger partial charge is 0.497 e. The van der Waals surface area contributed by atoms with Crippen LogP contribution in [0.25, 0.3) is 11.3 Å². The molecule has 0 atom stereocenters. The zero-order valence-electron chi connectivity index (χ0n) is 7.53. The Kier molecular flexibility index (Phi) is 2.84. The van der Waals surface area contributed by atoms with E-state index in [0.717, 1.165) is 20.9 Å². The van der Waals surface area contributed by atoms with Crippen LogP contribution in [0.4, 0.5) is 0 Å². The third kappa shape index (κ3) is 1.96. The molecule has 14 heavy (non-hydrogen) atoms. The molecule has 0 amide bonds. The first-order chi connectivity index (χ1) is 6.79. The summed E-state index contributed by atoms with van der Waals surface area (Å²) in [6.07, 6.45) is 0. The van der Waals surface area contributed by atoms with Crippen LogP contribution in [-0.2, 0) is 0 Å². The standard InChI is InChI=1S/C10H8BrNOS/c1-13-8-4-2-7(3-5-8)9-6-14-10(11)12-9/h2-6H,1H3. The Hall–Kier alpha value is -0.870. The molecule has 1 aromatic carbocycles. The van der Waals surface area contributed by atoms with E-state index in [1.807, 2.05) is 29.6 Å². The van der Waals surface area contributed by atoms with Crippen molar-refractivity contribution in [1.82, 2.24) is 4.98 Å². The molecule has 2 rings (SSSR count). The van der Waals surface area contributed by atoms with Crippen molar-refractivity contribution in [2.45, 2.75) is 0 Å². The van der Waals surface area contributed by atoms with Gasteiger partial charge in [-0.25, -0.2) is 4.98 Å². The lowest BCUT2D eigenvalue weighted by Crippen LogP contribution is -1.82. The van der Waals surface area contributed by atoms with E-state index in [9.17, 15) is 0 Å². The van der Waals surface area contributed by atoms with Crippen LogP contribution in [-0.4, -0.2) is 12.1 Å². The minimum atomic E-state index is 0.864. The van der Waals surface area contributed by atoms with Crippen molar-refractivity contribution >= 4 is 27.3 Å². The molecular formula is C10H8BrNOS. The maximum atomic E-state index is 5.08. The number of methoxy groups -OCH3 is 1. The van der Waals surface area contributed by atoms with Gasteiger partial charge in [0.15, 0.2) is 3.92 Å². The van der Waals surface area contributed by atoms with Crippen LogP contribution in [0, 0.1) is 0 Å². The van der Waals surface area contributed by atoms with Crippen molar-refractivity contribution in [2.24, 2.45) is 0 Å². The summed E-state index contributed by atoms with van der Waals surface area (Å²) in [4.78, 5) is 4.33. The van der Waals surface area contributed by atoms with Gasteiger partial charge in [-0.3, -0.25) is 0 Å². The van der Waals surface area contributed by atoms with E-state index >= 15 is 0 Å². The van der Waals surface area contributed by atoms with Crippen molar-refractivity contribution in [3.05, 3.63) is 33.6 Å². The molecule has 0 bridgehead atoms. The van der Waals surface area contributed by atoms with E-state index in [-0.39, 0.29) is 0 Å². The molecule has 0 spiro atoms. The van der Waals surface area contributed by atoms with Crippen molar-refractivity contribution in [1.29, 1.82) is 0 Å². The Morgan fingerprint density at radius 2 is 2.00 bits per heavy atom. The fraction of sp³-hybridized carbons (Fsp3) is 0.100. The van der Waals surface area contributed by atoms with Crippen LogP contribution < -0.4 is 4.74 Å². The van der Waals surface area contributed by atoms with Gasteiger partial charge in [-0.2, -0.15) is 0 Å². The van der Waals surface area contributed by atoms with Gasteiger partial charge in [-0.15, -0.1) is 11.3 Å². The maximum Gasteiger partial charge on any atom is 0.159 e. The van der Waals surface area contributed by atoms with E-state index in [0.29, 0.717) is 0 Å². The molecule has 0 N–H and O–H groups in total. The second-order valence-electron chi connectivity index (χ2n) is 2.71. The lowest BCUT2D eigenvalue weighted by Gasteiger charge is -2.00. The van der Waals surface area contributed by atoms with E-state index in [2.05, 4.69) is 20.9 Å². The predicted molar refractivity (Wildman–Crippen MR) is 61.8 cm³/mol. The van der Waals surface area contributed by atoms with Gasteiger partial charge in [0.2, 0.25) is 0 Å². The zero-order valence-corrected chi connectivity index (χ0v) is 9.93. The minimum Gasteiger partial charge on any atom is -0.497 e. The van der Waals surface area contributed by atoms with Crippen LogP contribution in [0.5, 0.6) is 5.75 Å². The average molecular weight is 270 g/mol. The lowest BCUT2D eigenvalue weighted by atomic mass is 10.2. The van der Waals surface area contributed by atoms with E-state index in [1.54, 1.807) is 18.4 Å².